The minimum absolute atomic E-state index is 0.341. The van der Waals surface area contributed by atoms with Crippen molar-refractivity contribution in [3.63, 3.8) is 0 Å². The largest absolute Gasteiger partial charge is 0.422 e. The van der Waals surface area contributed by atoms with Gasteiger partial charge in [-0.3, -0.25) is 0 Å². The van der Waals surface area contributed by atoms with Crippen LogP contribution in [0.4, 0.5) is 0 Å². The van der Waals surface area contributed by atoms with E-state index in [1.165, 1.54) is 4.90 Å². The van der Waals surface area contributed by atoms with E-state index < -0.39 is 10.0 Å². The lowest BCUT2D eigenvalue weighted by Crippen LogP contribution is -3.13. The molecule has 3 aromatic rings. The van der Waals surface area contributed by atoms with Gasteiger partial charge in [-0.15, -0.1) is 0 Å². The minimum Gasteiger partial charge on any atom is -0.422 e. The first kappa shape index (κ1) is 20.8. The molecule has 1 aliphatic rings. The predicted molar refractivity (Wildman–Crippen MR) is 116 cm³/mol. The Morgan fingerprint density at radius 1 is 1.00 bits per heavy atom. The summed E-state index contributed by atoms with van der Waals surface area (Å²) in [5.41, 5.74) is 4.37. The molecule has 7 heteroatoms. The first-order chi connectivity index (χ1) is 14.3. The van der Waals surface area contributed by atoms with E-state index in [1.807, 2.05) is 45.0 Å². The molecule has 0 unspecified atom stereocenters. The van der Waals surface area contributed by atoms with Gasteiger partial charge in [0, 0.05) is 17.0 Å². The molecular formula is C23H27N2O4S+. The van der Waals surface area contributed by atoms with Crippen LogP contribution in [0.2, 0.25) is 0 Å². The van der Waals surface area contributed by atoms with Gasteiger partial charge in [-0.1, -0.05) is 29.8 Å². The second-order valence-corrected chi connectivity index (χ2v) is 10.1. The SMILES string of the molecule is Cc1ccc(S(=O)(=O)N2CC[NH+](Cc3cc(=O)oc4c(C)c(C)ccc34)CC2)cc1. The minimum atomic E-state index is -3.47. The van der Waals surface area contributed by atoms with Gasteiger partial charge < -0.3 is 9.32 Å². The summed E-state index contributed by atoms with van der Waals surface area (Å²) in [6.07, 6.45) is 0. The van der Waals surface area contributed by atoms with Crippen LogP contribution in [0.3, 0.4) is 0 Å². The zero-order chi connectivity index (χ0) is 21.5. The number of benzene rings is 2. The van der Waals surface area contributed by atoms with Gasteiger partial charge in [0.05, 0.1) is 31.1 Å². The van der Waals surface area contributed by atoms with Crippen LogP contribution in [0, 0.1) is 20.8 Å². The van der Waals surface area contributed by atoms with Crippen molar-refractivity contribution in [1.29, 1.82) is 0 Å². The molecule has 0 amide bonds. The molecule has 0 spiro atoms. The number of rotatable bonds is 4. The smallest absolute Gasteiger partial charge is 0.336 e. The molecule has 6 nitrogen and oxygen atoms in total. The molecule has 1 aliphatic heterocycles. The zero-order valence-corrected chi connectivity index (χ0v) is 18.4. The predicted octanol–water partition coefficient (Wildman–Crippen LogP) is 1.81. The number of piperazine rings is 1. The van der Waals surface area contributed by atoms with E-state index >= 15 is 0 Å². The maximum Gasteiger partial charge on any atom is 0.336 e. The van der Waals surface area contributed by atoms with Crippen molar-refractivity contribution < 1.29 is 17.7 Å². The third-order valence-electron chi connectivity index (χ3n) is 6.05. The number of nitrogens with zero attached hydrogens (tertiary/aromatic N) is 1. The Kier molecular flexibility index (Phi) is 5.53. The Labute approximate surface area is 176 Å². The van der Waals surface area contributed by atoms with Crippen molar-refractivity contribution in [3.05, 3.63) is 75.1 Å². The highest BCUT2D eigenvalue weighted by Crippen LogP contribution is 2.23. The molecule has 30 heavy (non-hydrogen) atoms. The number of aryl methyl sites for hydroxylation is 3. The van der Waals surface area contributed by atoms with Gasteiger partial charge in [0.25, 0.3) is 0 Å². The molecule has 1 fully saturated rings. The fraction of sp³-hybridized carbons (Fsp3) is 0.348. The van der Waals surface area contributed by atoms with Gasteiger partial charge in [0.2, 0.25) is 10.0 Å². The molecule has 0 bridgehead atoms. The van der Waals surface area contributed by atoms with E-state index in [0.717, 1.165) is 27.6 Å². The van der Waals surface area contributed by atoms with Crippen molar-refractivity contribution in [1.82, 2.24) is 4.31 Å². The van der Waals surface area contributed by atoms with E-state index in [-0.39, 0.29) is 5.63 Å². The summed E-state index contributed by atoms with van der Waals surface area (Å²) < 4.78 is 32.9. The molecule has 2 aromatic carbocycles. The van der Waals surface area contributed by atoms with Crippen LogP contribution in [0.25, 0.3) is 11.0 Å². The van der Waals surface area contributed by atoms with Gasteiger partial charge in [0.15, 0.2) is 0 Å². The van der Waals surface area contributed by atoms with Gasteiger partial charge in [-0.2, -0.15) is 4.31 Å². The molecule has 0 radical (unpaired) electrons. The number of hydrogen-bond donors (Lipinski definition) is 1. The Balaban J connectivity index is 1.51. The number of fused-ring (bicyclic) bond motifs is 1. The zero-order valence-electron chi connectivity index (χ0n) is 17.6. The fourth-order valence-corrected chi connectivity index (χ4v) is 5.46. The van der Waals surface area contributed by atoms with E-state index in [1.54, 1.807) is 22.5 Å². The summed E-state index contributed by atoms with van der Waals surface area (Å²) in [5.74, 6) is 0. The van der Waals surface area contributed by atoms with Gasteiger partial charge >= 0.3 is 5.63 Å². The van der Waals surface area contributed by atoms with Gasteiger partial charge in [0.1, 0.15) is 12.1 Å². The lowest BCUT2D eigenvalue weighted by molar-refractivity contribution is -0.917. The average molecular weight is 428 g/mol. The van der Waals surface area contributed by atoms with Crippen molar-refractivity contribution >= 4 is 21.0 Å². The summed E-state index contributed by atoms with van der Waals surface area (Å²) in [7, 11) is -3.47. The molecule has 0 aliphatic carbocycles. The Morgan fingerprint density at radius 2 is 1.67 bits per heavy atom. The van der Waals surface area contributed by atoms with Crippen LogP contribution < -0.4 is 10.5 Å². The van der Waals surface area contributed by atoms with Crippen molar-refractivity contribution in [2.75, 3.05) is 26.2 Å². The second-order valence-electron chi connectivity index (χ2n) is 8.12. The van der Waals surface area contributed by atoms with Crippen LogP contribution in [0.15, 0.2) is 56.6 Å². The Bertz CT molecular complexity index is 1240. The molecule has 4 rings (SSSR count). The lowest BCUT2D eigenvalue weighted by atomic mass is 10.0. The second kappa shape index (κ2) is 7.98. The number of nitrogens with one attached hydrogen (secondary N) is 1. The Morgan fingerprint density at radius 3 is 2.33 bits per heavy atom. The highest BCUT2D eigenvalue weighted by atomic mass is 32.2. The quantitative estimate of drug-likeness (QED) is 0.645. The van der Waals surface area contributed by atoms with Crippen LogP contribution in [-0.2, 0) is 16.6 Å². The molecule has 0 atom stereocenters. The molecule has 1 N–H and O–H groups in total. The fourth-order valence-electron chi connectivity index (χ4n) is 4.02. The van der Waals surface area contributed by atoms with Crippen molar-refractivity contribution in [3.8, 4) is 0 Å². The summed E-state index contributed by atoms with van der Waals surface area (Å²) in [6, 6.07) is 12.6. The van der Waals surface area contributed by atoms with Crippen LogP contribution in [0.5, 0.6) is 0 Å². The molecule has 0 saturated carbocycles. The maximum atomic E-state index is 12.9. The van der Waals surface area contributed by atoms with Crippen LogP contribution >= 0.6 is 0 Å². The molecule has 1 aromatic heterocycles. The molecular weight excluding hydrogens is 400 g/mol. The first-order valence-electron chi connectivity index (χ1n) is 10.2. The summed E-state index contributed by atoms with van der Waals surface area (Å²) >= 11 is 0. The van der Waals surface area contributed by atoms with E-state index in [9.17, 15) is 13.2 Å². The third-order valence-corrected chi connectivity index (χ3v) is 7.96. The Hall–Kier alpha value is -2.48. The van der Waals surface area contributed by atoms with E-state index in [2.05, 4.69) is 0 Å². The highest BCUT2D eigenvalue weighted by Gasteiger charge is 2.30. The van der Waals surface area contributed by atoms with Gasteiger partial charge in [-0.05, 0) is 44.0 Å². The monoisotopic (exact) mass is 427 g/mol. The van der Waals surface area contributed by atoms with Crippen molar-refractivity contribution in [2.45, 2.75) is 32.2 Å². The van der Waals surface area contributed by atoms with Crippen molar-refractivity contribution in [2.24, 2.45) is 0 Å². The van der Waals surface area contributed by atoms with E-state index in [4.69, 9.17) is 4.42 Å². The standard InChI is InChI=1S/C23H26N2O4S/c1-16-4-7-20(8-5-16)30(27,28)25-12-10-24(11-13-25)15-19-14-22(26)29-23-18(3)17(2)6-9-21(19)23/h4-9,14H,10-13,15H2,1-3H3/p+1. The maximum absolute atomic E-state index is 12.9. The average Bonchev–Trinajstić information content (AvgIpc) is 2.72. The molecule has 1 saturated heterocycles. The summed E-state index contributed by atoms with van der Waals surface area (Å²) in [4.78, 5) is 13.7. The topological polar surface area (TPSA) is 72.0 Å². The number of hydrogen-bond acceptors (Lipinski definition) is 4. The van der Waals surface area contributed by atoms with Gasteiger partial charge in [-0.25, -0.2) is 13.2 Å². The molecule has 2 heterocycles. The first-order valence-corrected chi connectivity index (χ1v) is 11.6. The lowest BCUT2D eigenvalue weighted by Gasteiger charge is -2.31. The van der Waals surface area contributed by atoms with Crippen LogP contribution in [-0.4, -0.2) is 38.9 Å². The summed E-state index contributed by atoms with van der Waals surface area (Å²) in [5, 5.41) is 0.958. The number of quaternary nitrogens is 1. The third kappa shape index (κ3) is 3.93. The summed E-state index contributed by atoms with van der Waals surface area (Å²) in [6.45, 7) is 8.88. The normalized spacial score (nSPS) is 16.2. The van der Waals surface area contributed by atoms with E-state index in [0.29, 0.717) is 43.2 Å². The van der Waals surface area contributed by atoms with Crippen LogP contribution in [0.1, 0.15) is 22.3 Å². The number of sulfonamides is 1. The highest BCUT2D eigenvalue weighted by molar-refractivity contribution is 7.89. The molecule has 158 valence electrons.